The fraction of sp³-hybridized carbons (Fsp3) is 0.364. The van der Waals surface area contributed by atoms with Crippen molar-refractivity contribution in [3.05, 3.63) is 33.4 Å². The molecule has 2 atom stereocenters. The summed E-state index contributed by atoms with van der Waals surface area (Å²) < 4.78 is 1.25. The minimum atomic E-state index is 0.249. The van der Waals surface area contributed by atoms with Gasteiger partial charge in [0.2, 0.25) is 0 Å². The lowest BCUT2D eigenvalue weighted by atomic mass is 9.95. The predicted octanol–water partition coefficient (Wildman–Crippen LogP) is 1.61. The van der Waals surface area contributed by atoms with Crippen LogP contribution < -0.4 is 5.32 Å². The van der Waals surface area contributed by atoms with E-state index < -0.39 is 0 Å². The maximum absolute atomic E-state index is 5.40. The van der Waals surface area contributed by atoms with E-state index in [9.17, 15) is 0 Å². The van der Waals surface area contributed by atoms with E-state index >= 15 is 0 Å². The lowest BCUT2D eigenvalue weighted by molar-refractivity contribution is 0.0842. The van der Waals surface area contributed by atoms with Gasteiger partial charge in [0, 0.05) is 16.7 Å². The average molecular weight is 314 g/mol. The molecule has 0 bridgehead atoms. The summed E-state index contributed by atoms with van der Waals surface area (Å²) in [6.07, 6.45) is 0.249. The van der Waals surface area contributed by atoms with Crippen molar-refractivity contribution in [3.63, 3.8) is 0 Å². The van der Waals surface area contributed by atoms with Gasteiger partial charge in [0.25, 0.3) is 0 Å². The van der Waals surface area contributed by atoms with Crippen molar-refractivity contribution in [2.75, 3.05) is 13.1 Å². The molecular formula is C11H11IN2O. The highest BCUT2D eigenvalue weighted by Gasteiger charge is 2.38. The second-order valence-electron chi connectivity index (χ2n) is 3.89. The van der Waals surface area contributed by atoms with E-state index in [0.29, 0.717) is 5.92 Å². The highest BCUT2D eigenvalue weighted by Crippen LogP contribution is 2.25. The van der Waals surface area contributed by atoms with Crippen molar-refractivity contribution in [3.8, 4) is 0 Å². The summed E-state index contributed by atoms with van der Waals surface area (Å²) >= 11 is 2.31. The molecular weight excluding hydrogens is 303 g/mol. The van der Waals surface area contributed by atoms with Gasteiger partial charge in [-0.1, -0.05) is 17.3 Å². The van der Waals surface area contributed by atoms with Crippen LogP contribution in [0.15, 0.2) is 29.4 Å². The molecule has 1 N–H and O–H groups in total. The Bertz CT molecular complexity index is 402. The molecule has 0 aromatic heterocycles. The van der Waals surface area contributed by atoms with Crippen LogP contribution in [0.4, 0.5) is 0 Å². The molecule has 0 saturated carbocycles. The fourth-order valence-electron chi connectivity index (χ4n) is 2.12. The SMILES string of the molecule is Ic1ccc(C2=NOC3CNCC23)cc1. The molecule has 0 amide bonds. The van der Waals surface area contributed by atoms with Gasteiger partial charge in [-0.25, -0.2) is 0 Å². The molecule has 0 aliphatic carbocycles. The second kappa shape index (κ2) is 3.75. The molecule has 2 aliphatic heterocycles. The van der Waals surface area contributed by atoms with Gasteiger partial charge in [-0.3, -0.25) is 0 Å². The predicted molar refractivity (Wildman–Crippen MR) is 66.9 cm³/mol. The lowest BCUT2D eigenvalue weighted by Gasteiger charge is -2.07. The molecule has 78 valence electrons. The highest BCUT2D eigenvalue weighted by molar-refractivity contribution is 14.1. The van der Waals surface area contributed by atoms with Crippen molar-refractivity contribution in [1.82, 2.24) is 5.32 Å². The number of halogens is 1. The van der Waals surface area contributed by atoms with Gasteiger partial charge in [0.1, 0.15) is 6.10 Å². The summed E-state index contributed by atoms with van der Waals surface area (Å²) in [5.41, 5.74) is 2.29. The zero-order chi connectivity index (χ0) is 10.3. The summed E-state index contributed by atoms with van der Waals surface area (Å²) in [7, 11) is 0. The van der Waals surface area contributed by atoms with E-state index in [0.717, 1.165) is 18.8 Å². The Morgan fingerprint density at radius 1 is 1.27 bits per heavy atom. The molecule has 2 aliphatic rings. The number of nitrogens with zero attached hydrogens (tertiary/aromatic N) is 1. The molecule has 1 aromatic rings. The Kier molecular flexibility index (Phi) is 2.40. The first-order chi connectivity index (χ1) is 7.34. The fourth-order valence-corrected chi connectivity index (χ4v) is 2.48. The van der Waals surface area contributed by atoms with Crippen molar-refractivity contribution >= 4 is 28.3 Å². The van der Waals surface area contributed by atoms with Gasteiger partial charge in [-0.15, -0.1) is 0 Å². The number of fused-ring (bicyclic) bond motifs is 1. The zero-order valence-corrected chi connectivity index (χ0v) is 10.3. The Morgan fingerprint density at radius 2 is 2.07 bits per heavy atom. The van der Waals surface area contributed by atoms with Crippen LogP contribution in [0, 0.1) is 9.49 Å². The summed E-state index contributed by atoms with van der Waals surface area (Å²) in [4.78, 5) is 5.40. The Morgan fingerprint density at radius 3 is 2.87 bits per heavy atom. The van der Waals surface area contributed by atoms with Crippen molar-refractivity contribution in [2.45, 2.75) is 6.10 Å². The Hall–Kier alpha value is -0.620. The van der Waals surface area contributed by atoms with Gasteiger partial charge in [0.05, 0.1) is 11.6 Å². The number of hydrogen-bond donors (Lipinski definition) is 1. The number of benzene rings is 1. The van der Waals surface area contributed by atoms with E-state index in [1.807, 2.05) is 0 Å². The summed E-state index contributed by atoms with van der Waals surface area (Å²) in [6, 6.07) is 8.44. The normalized spacial score (nSPS) is 28.5. The largest absolute Gasteiger partial charge is 0.390 e. The van der Waals surface area contributed by atoms with E-state index in [-0.39, 0.29) is 6.10 Å². The van der Waals surface area contributed by atoms with E-state index in [2.05, 4.69) is 57.3 Å². The van der Waals surface area contributed by atoms with Gasteiger partial charge >= 0.3 is 0 Å². The van der Waals surface area contributed by atoms with Crippen LogP contribution in [0.3, 0.4) is 0 Å². The van der Waals surface area contributed by atoms with Gasteiger partial charge < -0.3 is 10.2 Å². The van der Waals surface area contributed by atoms with E-state index in [4.69, 9.17) is 4.84 Å². The third-order valence-electron chi connectivity index (χ3n) is 2.94. The molecule has 3 rings (SSSR count). The van der Waals surface area contributed by atoms with Crippen LogP contribution in [-0.4, -0.2) is 24.9 Å². The lowest BCUT2D eigenvalue weighted by Crippen LogP contribution is -2.21. The molecule has 1 saturated heterocycles. The van der Waals surface area contributed by atoms with Gasteiger partial charge in [-0.05, 0) is 40.3 Å². The number of nitrogens with one attached hydrogen (secondary N) is 1. The number of oxime groups is 1. The van der Waals surface area contributed by atoms with E-state index in [1.54, 1.807) is 0 Å². The molecule has 2 unspecified atom stereocenters. The van der Waals surface area contributed by atoms with Crippen LogP contribution in [0.5, 0.6) is 0 Å². The topological polar surface area (TPSA) is 33.6 Å². The summed E-state index contributed by atoms with van der Waals surface area (Å²) in [6.45, 7) is 1.90. The Labute approximate surface area is 102 Å². The van der Waals surface area contributed by atoms with Crippen LogP contribution >= 0.6 is 22.6 Å². The van der Waals surface area contributed by atoms with Crippen molar-refractivity contribution in [1.29, 1.82) is 0 Å². The minimum absolute atomic E-state index is 0.249. The van der Waals surface area contributed by atoms with Crippen LogP contribution in [0.1, 0.15) is 5.56 Å². The molecule has 3 nitrogen and oxygen atoms in total. The number of rotatable bonds is 1. The first-order valence-electron chi connectivity index (χ1n) is 5.05. The molecule has 0 spiro atoms. The zero-order valence-electron chi connectivity index (χ0n) is 8.11. The third-order valence-corrected chi connectivity index (χ3v) is 3.66. The second-order valence-corrected chi connectivity index (χ2v) is 5.14. The highest BCUT2D eigenvalue weighted by atomic mass is 127. The molecule has 2 heterocycles. The van der Waals surface area contributed by atoms with E-state index in [1.165, 1.54) is 9.13 Å². The number of hydrogen-bond acceptors (Lipinski definition) is 3. The first kappa shape index (κ1) is 9.59. The third kappa shape index (κ3) is 1.65. The summed E-state index contributed by atoms with van der Waals surface area (Å²) in [5.74, 6) is 0.435. The minimum Gasteiger partial charge on any atom is -0.390 e. The maximum Gasteiger partial charge on any atom is 0.149 e. The molecule has 4 heteroatoms. The first-order valence-corrected chi connectivity index (χ1v) is 6.13. The quantitative estimate of drug-likeness (QED) is 0.799. The smallest absolute Gasteiger partial charge is 0.149 e. The van der Waals surface area contributed by atoms with Crippen molar-refractivity contribution < 1.29 is 4.84 Å². The van der Waals surface area contributed by atoms with Gasteiger partial charge in [-0.2, -0.15) is 0 Å². The standard InChI is InChI=1S/C11H11IN2O/c12-8-3-1-7(2-4-8)11-9-5-13-6-10(9)15-14-11/h1-4,9-10,13H,5-6H2. The summed E-state index contributed by atoms with van der Waals surface area (Å²) in [5, 5.41) is 7.52. The average Bonchev–Trinajstić information content (AvgIpc) is 2.80. The molecule has 1 aromatic carbocycles. The molecule has 15 heavy (non-hydrogen) atoms. The van der Waals surface area contributed by atoms with Gasteiger partial charge in [0.15, 0.2) is 0 Å². The van der Waals surface area contributed by atoms with Crippen LogP contribution in [0.25, 0.3) is 0 Å². The van der Waals surface area contributed by atoms with Crippen molar-refractivity contribution in [2.24, 2.45) is 11.1 Å². The van der Waals surface area contributed by atoms with Crippen LogP contribution in [0.2, 0.25) is 0 Å². The molecule has 1 fully saturated rings. The molecule has 0 radical (unpaired) electrons. The van der Waals surface area contributed by atoms with Crippen LogP contribution in [-0.2, 0) is 4.84 Å². The Balaban J connectivity index is 1.91. The monoisotopic (exact) mass is 314 g/mol. The maximum atomic E-state index is 5.40.